The number of ether oxygens (including phenoxy) is 7. The third kappa shape index (κ3) is 14.6. The number of carbonyl (C=O) groups excluding carboxylic acids is 3. The van der Waals surface area contributed by atoms with E-state index < -0.39 is 0 Å². The number of hydrogen-bond acceptors (Lipinski definition) is 14. The molecule has 0 saturated heterocycles. The Bertz CT molecular complexity index is 2730. The normalized spacial score (nSPS) is 13.7. The standard InChI is InChI=1S/C59H74N6O10/c1-8-46(9-2)62-58(67)19-14-21-64(23-24-72-27-28-73-26-25-69-5)47-30-41(39-74-56-35-50(45(38-66)33-54(56)70-6)61-37-48-32-44-16-11-12-17-52(44)63(48)4)29-42(31-47)40-75-57-36-51(60-3)49(34-55(57)71-7)59(68)65-22-20-43-15-10-13-18-53(43)65/h10-13,15-18,29-31,33-38,46,48,60H,8-9,14,19-28,32,39-40H2,1-7H3,(H,62,67). The number of amides is 2. The van der Waals surface area contributed by atoms with Gasteiger partial charge in [0.25, 0.3) is 5.91 Å². The number of hydrogen-bond donors (Lipinski definition) is 2. The van der Waals surface area contributed by atoms with Gasteiger partial charge in [0.1, 0.15) is 13.2 Å². The second-order valence-corrected chi connectivity index (χ2v) is 18.6. The fourth-order valence-electron chi connectivity index (χ4n) is 9.49. The van der Waals surface area contributed by atoms with Gasteiger partial charge in [0.2, 0.25) is 5.91 Å². The maximum absolute atomic E-state index is 14.1. The van der Waals surface area contributed by atoms with E-state index in [-0.39, 0.29) is 37.1 Å². The summed E-state index contributed by atoms with van der Waals surface area (Å²) >= 11 is 0. The van der Waals surface area contributed by atoms with Crippen LogP contribution in [0.2, 0.25) is 0 Å². The number of fused-ring (bicyclic) bond motifs is 2. The van der Waals surface area contributed by atoms with Crippen molar-refractivity contribution in [3.8, 4) is 23.0 Å². The monoisotopic (exact) mass is 1030 g/mol. The first-order valence-corrected chi connectivity index (χ1v) is 26.0. The van der Waals surface area contributed by atoms with Crippen LogP contribution in [0.4, 0.5) is 28.4 Å². The zero-order chi connectivity index (χ0) is 53.1. The van der Waals surface area contributed by atoms with Crippen LogP contribution in [0.25, 0.3) is 0 Å². The molecular weight excluding hydrogens is 953 g/mol. The molecule has 16 nitrogen and oxygen atoms in total. The number of nitrogens with one attached hydrogen (secondary N) is 2. The summed E-state index contributed by atoms with van der Waals surface area (Å²) in [6, 6.07) is 29.5. The Morgan fingerprint density at radius 1 is 0.773 bits per heavy atom. The van der Waals surface area contributed by atoms with E-state index in [2.05, 4.69) is 64.6 Å². The summed E-state index contributed by atoms with van der Waals surface area (Å²) in [5, 5.41) is 6.39. The first-order valence-electron chi connectivity index (χ1n) is 26.0. The average molecular weight is 1030 g/mol. The Balaban J connectivity index is 1.17. The van der Waals surface area contributed by atoms with Gasteiger partial charge in [0, 0.05) is 94.3 Å². The fourth-order valence-corrected chi connectivity index (χ4v) is 9.49. The lowest BCUT2D eigenvalue weighted by atomic mass is 10.1. The molecule has 75 heavy (non-hydrogen) atoms. The average Bonchev–Trinajstić information content (AvgIpc) is 4.02. The van der Waals surface area contributed by atoms with E-state index in [9.17, 15) is 14.4 Å². The largest absolute Gasteiger partial charge is 0.493 e. The van der Waals surface area contributed by atoms with Crippen LogP contribution in [-0.4, -0.2) is 124 Å². The Hall–Kier alpha value is -7.14. The van der Waals surface area contributed by atoms with Gasteiger partial charge in [-0.05, 0) is 96.8 Å². The van der Waals surface area contributed by atoms with Gasteiger partial charge in [-0.15, -0.1) is 0 Å². The van der Waals surface area contributed by atoms with Crippen molar-refractivity contribution >= 4 is 52.8 Å². The first kappa shape index (κ1) is 55.6. The topological polar surface area (TPSA) is 162 Å². The lowest BCUT2D eigenvalue weighted by molar-refractivity contribution is -0.121. The van der Waals surface area contributed by atoms with E-state index >= 15 is 0 Å². The number of para-hydroxylation sites is 2. The number of nitrogens with zero attached hydrogens (tertiary/aromatic N) is 4. The minimum Gasteiger partial charge on any atom is -0.493 e. The van der Waals surface area contributed by atoms with Crippen molar-refractivity contribution in [2.75, 3.05) is 108 Å². The van der Waals surface area contributed by atoms with Crippen LogP contribution in [-0.2, 0) is 45.1 Å². The van der Waals surface area contributed by atoms with E-state index in [1.807, 2.05) is 54.6 Å². The van der Waals surface area contributed by atoms with E-state index in [4.69, 9.17) is 38.2 Å². The molecule has 400 valence electrons. The zero-order valence-corrected chi connectivity index (χ0v) is 44.7. The molecule has 7 rings (SSSR count). The van der Waals surface area contributed by atoms with Crippen LogP contribution in [0.1, 0.15) is 82.5 Å². The number of aldehydes is 1. The molecule has 0 radical (unpaired) electrons. The second kappa shape index (κ2) is 28.0. The lowest BCUT2D eigenvalue weighted by Gasteiger charge is -2.27. The summed E-state index contributed by atoms with van der Waals surface area (Å²) in [4.78, 5) is 50.7. The van der Waals surface area contributed by atoms with Crippen molar-refractivity contribution in [1.29, 1.82) is 0 Å². The van der Waals surface area contributed by atoms with Crippen molar-refractivity contribution in [2.24, 2.45) is 4.99 Å². The van der Waals surface area contributed by atoms with E-state index in [1.165, 1.54) is 5.56 Å². The molecule has 1 unspecified atom stereocenters. The number of rotatable bonds is 30. The van der Waals surface area contributed by atoms with Gasteiger partial charge in [-0.2, -0.15) is 0 Å². The minimum atomic E-state index is -0.133. The molecular formula is C59H74N6O10. The first-order chi connectivity index (χ1) is 36.6. The van der Waals surface area contributed by atoms with Gasteiger partial charge >= 0.3 is 0 Å². The number of likely N-dealkylation sites (N-methyl/N-ethyl adjacent to an activating group) is 1. The van der Waals surface area contributed by atoms with E-state index in [1.54, 1.807) is 52.6 Å². The Labute approximate surface area is 442 Å². The van der Waals surface area contributed by atoms with Crippen molar-refractivity contribution in [2.45, 2.75) is 77.7 Å². The highest BCUT2D eigenvalue weighted by atomic mass is 16.5. The fraction of sp³-hybridized carbons (Fsp3) is 0.424. The van der Waals surface area contributed by atoms with Gasteiger partial charge in [0.15, 0.2) is 29.3 Å². The second-order valence-electron chi connectivity index (χ2n) is 18.6. The predicted molar refractivity (Wildman–Crippen MR) is 296 cm³/mol. The van der Waals surface area contributed by atoms with Crippen LogP contribution in [0.5, 0.6) is 23.0 Å². The van der Waals surface area contributed by atoms with Crippen LogP contribution in [0.15, 0.2) is 96.0 Å². The van der Waals surface area contributed by atoms with Crippen molar-refractivity contribution in [3.63, 3.8) is 0 Å². The molecule has 0 aliphatic carbocycles. The van der Waals surface area contributed by atoms with Gasteiger partial charge in [-0.25, -0.2) is 0 Å². The summed E-state index contributed by atoms with van der Waals surface area (Å²) in [5.41, 5.74) is 8.87. The minimum absolute atomic E-state index is 0.0108. The van der Waals surface area contributed by atoms with Gasteiger partial charge in [-0.3, -0.25) is 19.4 Å². The number of benzene rings is 5. The Kier molecular flexibility index (Phi) is 20.7. The molecule has 2 N–H and O–H groups in total. The van der Waals surface area contributed by atoms with Gasteiger partial charge in [0.05, 0.1) is 70.2 Å². The molecule has 2 aliphatic heterocycles. The number of anilines is 4. The van der Waals surface area contributed by atoms with E-state index in [0.29, 0.717) is 111 Å². The molecule has 1 atom stereocenters. The molecule has 2 aliphatic rings. The smallest absolute Gasteiger partial charge is 0.260 e. The molecule has 16 heteroatoms. The van der Waals surface area contributed by atoms with Crippen molar-refractivity contribution in [3.05, 3.63) is 124 Å². The molecule has 0 aromatic heterocycles. The van der Waals surface area contributed by atoms with Gasteiger partial charge < -0.3 is 58.5 Å². The molecule has 0 spiro atoms. The number of methoxy groups -OCH3 is 3. The molecule has 0 saturated carbocycles. The Morgan fingerprint density at radius 3 is 2.09 bits per heavy atom. The molecule has 5 aromatic rings. The lowest BCUT2D eigenvalue weighted by Crippen LogP contribution is -2.35. The summed E-state index contributed by atoms with van der Waals surface area (Å²) in [6.45, 7) is 8.32. The predicted octanol–water partition coefficient (Wildman–Crippen LogP) is 9.25. The number of carbonyl (C=O) groups is 3. The maximum atomic E-state index is 14.1. The summed E-state index contributed by atoms with van der Waals surface area (Å²) in [5.74, 6) is 1.56. The molecule has 2 amide bonds. The van der Waals surface area contributed by atoms with Crippen LogP contribution in [0, 0.1) is 0 Å². The maximum Gasteiger partial charge on any atom is 0.260 e. The summed E-state index contributed by atoms with van der Waals surface area (Å²) in [6.07, 6.45) is 6.94. The molecule has 5 aromatic carbocycles. The van der Waals surface area contributed by atoms with Crippen LogP contribution in [0.3, 0.4) is 0 Å². The molecule has 2 heterocycles. The third-order valence-electron chi connectivity index (χ3n) is 13.7. The quantitative estimate of drug-likeness (QED) is 0.0255. The van der Waals surface area contributed by atoms with Crippen LogP contribution >= 0.6 is 0 Å². The third-order valence-corrected chi connectivity index (χ3v) is 13.7. The number of aliphatic imine (C=N–C) groups is 1. The highest BCUT2D eigenvalue weighted by Crippen LogP contribution is 2.39. The SMILES string of the molecule is CCC(CC)NC(=O)CCCN(CCOCCOCCOC)c1cc(COc2cc(N=CC3Cc4ccccc4N3C)c(C=O)cc2OC)cc(COc2cc(NC)c(C(=O)N3CCc4ccccc43)cc2OC)c1. The summed E-state index contributed by atoms with van der Waals surface area (Å²) < 4.78 is 41.6. The van der Waals surface area contributed by atoms with E-state index in [0.717, 1.165) is 65.7 Å². The highest BCUT2D eigenvalue weighted by Gasteiger charge is 2.29. The molecule has 0 fully saturated rings. The summed E-state index contributed by atoms with van der Waals surface area (Å²) in [7, 11) is 8.57. The zero-order valence-electron chi connectivity index (χ0n) is 44.7. The van der Waals surface area contributed by atoms with Crippen molar-refractivity contribution < 1.29 is 47.5 Å². The Morgan fingerprint density at radius 2 is 1.43 bits per heavy atom. The molecule has 0 bridgehead atoms. The van der Waals surface area contributed by atoms with Crippen molar-refractivity contribution in [1.82, 2.24) is 5.32 Å². The van der Waals surface area contributed by atoms with Crippen LogP contribution < -0.4 is 44.3 Å². The van der Waals surface area contributed by atoms with Gasteiger partial charge in [-0.1, -0.05) is 50.2 Å². The highest BCUT2D eigenvalue weighted by molar-refractivity contribution is 6.11.